The summed E-state index contributed by atoms with van der Waals surface area (Å²) in [4.78, 5) is 4.43. The molecule has 5 nitrogen and oxygen atoms in total. The minimum absolute atomic E-state index is 0.0118. The van der Waals surface area contributed by atoms with Gasteiger partial charge < -0.3 is 20.1 Å². The Kier molecular flexibility index (Phi) is 8.80. The first-order chi connectivity index (χ1) is 7.99. The Balaban J connectivity index is 3.87. The molecule has 0 aromatic heterocycles. The second-order valence-corrected chi connectivity index (χ2v) is 4.74. The number of guanidine groups is 1. The van der Waals surface area contributed by atoms with Gasteiger partial charge in [-0.15, -0.1) is 0 Å². The highest BCUT2D eigenvalue weighted by Crippen LogP contribution is 1.97. The Labute approximate surface area is 105 Å². The van der Waals surface area contributed by atoms with E-state index in [1.54, 1.807) is 7.11 Å². The smallest absolute Gasteiger partial charge is 0.191 e. The van der Waals surface area contributed by atoms with Gasteiger partial charge in [0.1, 0.15) is 0 Å². The van der Waals surface area contributed by atoms with Gasteiger partial charge in [-0.05, 0) is 27.7 Å². The first-order valence-electron chi connectivity index (χ1n) is 6.12. The highest BCUT2D eigenvalue weighted by atomic mass is 16.5. The molecule has 0 unspecified atom stereocenters. The summed E-state index contributed by atoms with van der Waals surface area (Å²) in [6.45, 7) is 11.7. The van der Waals surface area contributed by atoms with E-state index in [-0.39, 0.29) is 5.54 Å². The van der Waals surface area contributed by atoms with Crippen molar-refractivity contribution in [2.75, 3.05) is 40.0 Å². The van der Waals surface area contributed by atoms with Crippen LogP contribution in [0.5, 0.6) is 0 Å². The Hall–Kier alpha value is -0.810. The number of aliphatic imine (C=N–C) groups is 1. The van der Waals surface area contributed by atoms with Crippen LogP contribution in [-0.2, 0) is 9.47 Å². The monoisotopic (exact) mass is 245 g/mol. The first kappa shape index (κ1) is 16.2. The van der Waals surface area contributed by atoms with Gasteiger partial charge in [0.2, 0.25) is 0 Å². The van der Waals surface area contributed by atoms with Crippen LogP contribution in [-0.4, -0.2) is 51.5 Å². The maximum atomic E-state index is 5.35. The molecule has 0 heterocycles. The standard InChI is InChI=1S/C12H27N3O2/c1-6-13-11(15-12(2,3)4)14-7-8-17-10-9-16-5/h6-10H2,1-5H3,(H2,13,14,15). The molecule has 0 amide bonds. The molecule has 0 atom stereocenters. The number of rotatable bonds is 7. The van der Waals surface area contributed by atoms with Crippen LogP contribution in [0, 0.1) is 0 Å². The van der Waals surface area contributed by atoms with Gasteiger partial charge in [0, 0.05) is 19.2 Å². The summed E-state index contributed by atoms with van der Waals surface area (Å²) >= 11 is 0. The van der Waals surface area contributed by atoms with Crippen LogP contribution in [0.2, 0.25) is 0 Å². The summed E-state index contributed by atoms with van der Waals surface area (Å²) < 4.78 is 10.2. The van der Waals surface area contributed by atoms with E-state index in [0.717, 1.165) is 12.5 Å². The molecule has 102 valence electrons. The molecular formula is C12H27N3O2. The number of ether oxygens (including phenoxy) is 2. The quantitative estimate of drug-likeness (QED) is 0.399. The molecule has 0 aliphatic rings. The molecule has 0 aromatic carbocycles. The molecule has 0 bridgehead atoms. The average molecular weight is 245 g/mol. The van der Waals surface area contributed by atoms with Gasteiger partial charge >= 0.3 is 0 Å². The van der Waals surface area contributed by atoms with Crippen LogP contribution < -0.4 is 10.6 Å². The fourth-order valence-corrected chi connectivity index (χ4v) is 1.13. The normalized spacial score (nSPS) is 12.6. The van der Waals surface area contributed by atoms with E-state index in [4.69, 9.17) is 9.47 Å². The topological polar surface area (TPSA) is 54.9 Å². The van der Waals surface area contributed by atoms with Gasteiger partial charge in [-0.1, -0.05) is 0 Å². The SMILES string of the molecule is CCNC(=NCCOCCOC)NC(C)(C)C. The van der Waals surface area contributed by atoms with Crippen molar-refractivity contribution < 1.29 is 9.47 Å². The van der Waals surface area contributed by atoms with E-state index in [1.807, 2.05) is 0 Å². The Morgan fingerprint density at radius 3 is 2.41 bits per heavy atom. The number of methoxy groups -OCH3 is 1. The van der Waals surface area contributed by atoms with E-state index in [2.05, 4.69) is 43.3 Å². The summed E-state index contributed by atoms with van der Waals surface area (Å²) in [6, 6.07) is 0. The van der Waals surface area contributed by atoms with Crippen LogP contribution in [0.15, 0.2) is 4.99 Å². The average Bonchev–Trinajstić information content (AvgIpc) is 2.21. The number of hydrogen-bond donors (Lipinski definition) is 2. The third-order valence-electron chi connectivity index (χ3n) is 1.77. The van der Waals surface area contributed by atoms with E-state index < -0.39 is 0 Å². The molecule has 0 fully saturated rings. The third-order valence-corrected chi connectivity index (χ3v) is 1.77. The zero-order chi connectivity index (χ0) is 13.1. The van der Waals surface area contributed by atoms with E-state index in [0.29, 0.717) is 26.4 Å². The van der Waals surface area contributed by atoms with E-state index in [9.17, 15) is 0 Å². The fraction of sp³-hybridized carbons (Fsp3) is 0.917. The van der Waals surface area contributed by atoms with Crippen LogP contribution in [0.3, 0.4) is 0 Å². The summed E-state index contributed by atoms with van der Waals surface area (Å²) in [7, 11) is 1.66. The first-order valence-corrected chi connectivity index (χ1v) is 6.12. The van der Waals surface area contributed by atoms with Gasteiger partial charge in [-0.25, -0.2) is 0 Å². The lowest BCUT2D eigenvalue weighted by atomic mass is 10.1. The zero-order valence-electron chi connectivity index (χ0n) is 11.8. The second-order valence-electron chi connectivity index (χ2n) is 4.74. The molecular weight excluding hydrogens is 218 g/mol. The van der Waals surface area contributed by atoms with Crippen molar-refractivity contribution in [1.82, 2.24) is 10.6 Å². The van der Waals surface area contributed by atoms with Crippen LogP contribution in [0.4, 0.5) is 0 Å². The molecule has 0 aliphatic heterocycles. The number of nitrogens with one attached hydrogen (secondary N) is 2. The van der Waals surface area contributed by atoms with Gasteiger partial charge in [0.25, 0.3) is 0 Å². The molecule has 0 saturated carbocycles. The van der Waals surface area contributed by atoms with Gasteiger partial charge in [-0.3, -0.25) is 4.99 Å². The summed E-state index contributed by atoms with van der Waals surface area (Å²) in [6.07, 6.45) is 0. The molecule has 2 N–H and O–H groups in total. The highest BCUT2D eigenvalue weighted by molar-refractivity contribution is 5.80. The van der Waals surface area contributed by atoms with Crippen molar-refractivity contribution in [3.63, 3.8) is 0 Å². The minimum atomic E-state index is 0.0118. The Morgan fingerprint density at radius 2 is 1.88 bits per heavy atom. The fourth-order valence-electron chi connectivity index (χ4n) is 1.13. The number of hydrogen-bond acceptors (Lipinski definition) is 3. The molecule has 0 radical (unpaired) electrons. The Bertz CT molecular complexity index is 212. The van der Waals surface area contributed by atoms with Gasteiger partial charge in [0.05, 0.1) is 26.4 Å². The largest absolute Gasteiger partial charge is 0.382 e. The molecule has 0 aliphatic carbocycles. The third kappa shape index (κ3) is 11.5. The van der Waals surface area contributed by atoms with Crippen LogP contribution >= 0.6 is 0 Å². The second kappa shape index (κ2) is 9.24. The van der Waals surface area contributed by atoms with Crippen molar-refractivity contribution in [2.24, 2.45) is 4.99 Å². The van der Waals surface area contributed by atoms with Gasteiger partial charge in [-0.2, -0.15) is 0 Å². The summed E-state index contributed by atoms with van der Waals surface area (Å²) in [5.74, 6) is 0.829. The molecule has 0 saturated heterocycles. The lowest BCUT2D eigenvalue weighted by molar-refractivity contribution is 0.0748. The molecule has 5 heteroatoms. The maximum absolute atomic E-state index is 5.35. The van der Waals surface area contributed by atoms with E-state index in [1.165, 1.54) is 0 Å². The van der Waals surface area contributed by atoms with Gasteiger partial charge in [0.15, 0.2) is 5.96 Å². The summed E-state index contributed by atoms with van der Waals surface area (Å²) in [5.41, 5.74) is 0.0118. The van der Waals surface area contributed by atoms with Crippen molar-refractivity contribution >= 4 is 5.96 Å². The summed E-state index contributed by atoms with van der Waals surface area (Å²) in [5, 5.41) is 6.52. The zero-order valence-corrected chi connectivity index (χ0v) is 11.8. The predicted molar refractivity (Wildman–Crippen MR) is 71.6 cm³/mol. The van der Waals surface area contributed by atoms with Crippen molar-refractivity contribution in [3.05, 3.63) is 0 Å². The maximum Gasteiger partial charge on any atom is 0.191 e. The molecule has 0 aromatic rings. The van der Waals surface area contributed by atoms with Crippen LogP contribution in [0.1, 0.15) is 27.7 Å². The van der Waals surface area contributed by atoms with Crippen LogP contribution in [0.25, 0.3) is 0 Å². The molecule has 17 heavy (non-hydrogen) atoms. The van der Waals surface area contributed by atoms with Crippen molar-refractivity contribution in [3.8, 4) is 0 Å². The molecule has 0 spiro atoms. The van der Waals surface area contributed by atoms with E-state index >= 15 is 0 Å². The van der Waals surface area contributed by atoms with Crippen molar-refractivity contribution in [1.29, 1.82) is 0 Å². The lowest BCUT2D eigenvalue weighted by Crippen LogP contribution is -2.47. The lowest BCUT2D eigenvalue weighted by Gasteiger charge is -2.23. The predicted octanol–water partition coefficient (Wildman–Crippen LogP) is 1.00. The van der Waals surface area contributed by atoms with Crippen molar-refractivity contribution in [2.45, 2.75) is 33.2 Å². The Morgan fingerprint density at radius 1 is 1.18 bits per heavy atom. The molecule has 0 rings (SSSR count). The minimum Gasteiger partial charge on any atom is -0.382 e. The number of nitrogens with zero attached hydrogens (tertiary/aromatic N) is 1. The highest BCUT2D eigenvalue weighted by Gasteiger charge is 2.11.